The van der Waals surface area contributed by atoms with Crippen molar-refractivity contribution in [3.8, 4) is 0 Å². The summed E-state index contributed by atoms with van der Waals surface area (Å²) < 4.78 is 0.888. The van der Waals surface area contributed by atoms with Gasteiger partial charge in [0.15, 0.2) is 0 Å². The first kappa shape index (κ1) is 16.0. The molecule has 0 saturated carbocycles. The molecule has 1 amide bonds. The lowest BCUT2D eigenvalue weighted by Crippen LogP contribution is -2.16. The number of carbonyl (C=O) groups excluding carboxylic acids is 1. The summed E-state index contributed by atoms with van der Waals surface area (Å²) in [5, 5.41) is 6.71. The van der Waals surface area contributed by atoms with E-state index in [0.717, 1.165) is 27.2 Å². The molecule has 1 heterocycles. The molecule has 0 aliphatic heterocycles. The summed E-state index contributed by atoms with van der Waals surface area (Å²) in [6.07, 6.45) is 1.59. The van der Waals surface area contributed by atoms with Crippen LogP contribution >= 0.6 is 34.2 Å². The minimum absolute atomic E-state index is 0.196. The number of halogens is 2. The van der Waals surface area contributed by atoms with Gasteiger partial charge in [0.25, 0.3) is 5.91 Å². The minimum Gasteiger partial charge on any atom is -0.385 e. The summed E-state index contributed by atoms with van der Waals surface area (Å²) in [5.74, 6) is -0.196. The largest absolute Gasteiger partial charge is 0.385 e. The van der Waals surface area contributed by atoms with Gasteiger partial charge in [-0.2, -0.15) is 0 Å². The van der Waals surface area contributed by atoms with Crippen LogP contribution in [0.1, 0.15) is 23.0 Å². The average Bonchev–Trinajstić information content (AvgIpc) is 2.42. The number of hydrogen-bond donors (Lipinski definition) is 2. The molecule has 6 heteroatoms. The van der Waals surface area contributed by atoms with E-state index in [1.54, 1.807) is 24.4 Å². The molecule has 0 unspecified atom stereocenters. The van der Waals surface area contributed by atoms with Crippen molar-refractivity contribution in [1.29, 1.82) is 0 Å². The van der Waals surface area contributed by atoms with Gasteiger partial charge in [-0.25, -0.2) is 0 Å². The molecular weight excluding hydrogens is 401 g/mol. The molecule has 2 N–H and O–H groups in total. The fourth-order valence-corrected chi connectivity index (χ4v) is 2.86. The van der Waals surface area contributed by atoms with Gasteiger partial charge in [-0.1, -0.05) is 11.6 Å². The predicted molar refractivity (Wildman–Crippen MR) is 95.3 cm³/mol. The van der Waals surface area contributed by atoms with Gasteiger partial charge in [-0.3, -0.25) is 9.78 Å². The summed E-state index contributed by atoms with van der Waals surface area (Å²) >= 11 is 8.06. The number of anilines is 2. The van der Waals surface area contributed by atoms with Crippen molar-refractivity contribution >= 4 is 51.5 Å². The van der Waals surface area contributed by atoms with E-state index in [2.05, 4.69) is 38.2 Å². The second-order valence-corrected chi connectivity index (χ2v) is 6.08. The fourth-order valence-electron chi connectivity index (χ4n) is 1.86. The second kappa shape index (κ2) is 7.09. The van der Waals surface area contributed by atoms with Crippen LogP contribution < -0.4 is 10.6 Å². The fraction of sp³-hybridized carbons (Fsp3) is 0.200. The Morgan fingerprint density at radius 2 is 2.10 bits per heavy atom. The second-order valence-electron chi connectivity index (χ2n) is 4.48. The van der Waals surface area contributed by atoms with Crippen LogP contribution in [0.25, 0.3) is 0 Å². The molecule has 0 radical (unpaired) electrons. The van der Waals surface area contributed by atoms with E-state index in [1.165, 1.54) is 0 Å². The molecule has 21 heavy (non-hydrogen) atoms. The molecule has 0 saturated heterocycles. The Kier molecular flexibility index (Phi) is 5.41. The Morgan fingerprint density at radius 1 is 1.33 bits per heavy atom. The van der Waals surface area contributed by atoms with Crippen LogP contribution in [0.15, 0.2) is 30.5 Å². The molecule has 110 valence electrons. The molecule has 1 aromatic heterocycles. The van der Waals surface area contributed by atoms with Crippen LogP contribution in [0.4, 0.5) is 11.4 Å². The minimum atomic E-state index is -0.196. The maximum absolute atomic E-state index is 12.4. The Balaban J connectivity index is 2.28. The maximum atomic E-state index is 12.4. The zero-order chi connectivity index (χ0) is 15.4. The Hall–Kier alpha value is -1.34. The number of benzene rings is 1. The van der Waals surface area contributed by atoms with Gasteiger partial charge in [-0.15, -0.1) is 0 Å². The van der Waals surface area contributed by atoms with Crippen molar-refractivity contribution < 1.29 is 4.79 Å². The third-order valence-electron chi connectivity index (χ3n) is 2.83. The van der Waals surface area contributed by atoms with Gasteiger partial charge in [0.2, 0.25) is 0 Å². The highest BCUT2D eigenvalue weighted by atomic mass is 127. The van der Waals surface area contributed by atoms with Crippen LogP contribution in [0.3, 0.4) is 0 Å². The van der Waals surface area contributed by atoms with Crippen LogP contribution in [-0.4, -0.2) is 17.4 Å². The third kappa shape index (κ3) is 4.07. The summed E-state index contributed by atoms with van der Waals surface area (Å²) in [5.41, 5.74) is 2.90. The van der Waals surface area contributed by atoms with E-state index >= 15 is 0 Å². The lowest BCUT2D eigenvalue weighted by atomic mass is 10.2. The topological polar surface area (TPSA) is 54.0 Å². The van der Waals surface area contributed by atoms with E-state index in [0.29, 0.717) is 10.6 Å². The van der Waals surface area contributed by atoms with E-state index in [-0.39, 0.29) is 5.91 Å². The number of rotatable bonds is 4. The molecule has 2 rings (SSSR count). The average molecular weight is 416 g/mol. The predicted octanol–water partition coefficient (Wildman–Crippen LogP) is 4.33. The first-order valence-electron chi connectivity index (χ1n) is 6.48. The molecule has 0 spiro atoms. The molecule has 0 bridgehead atoms. The molecule has 0 aliphatic rings. The quantitative estimate of drug-likeness (QED) is 0.731. The van der Waals surface area contributed by atoms with Crippen molar-refractivity contribution in [1.82, 2.24) is 4.98 Å². The Labute approximate surface area is 142 Å². The Morgan fingerprint density at radius 3 is 2.76 bits per heavy atom. The molecule has 0 fully saturated rings. The smallest absolute Gasteiger partial charge is 0.259 e. The Bertz CT molecular complexity index is 676. The maximum Gasteiger partial charge on any atom is 0.259 e. The van der Waals surface area contributed by atoms with Crippen molar-refractivity contribution in [3.05, 3.63) is 50.3 Å². The summed E-state index contributed by atoms with van der Waals surface area (Å²) in [6, 6.07) is 7.20. The van der Waals surface area contributed by atoms with Crippen molar-refractivity contribution in [2.45, 2.75) is 13.8 Å². The third-order valence-corrected chi connectivity index (χ3v) is 3.96. The zero-order valence-electron chi connectivity index (χ0n) is 11.7. The van der Waals surface area contributed by atoms with Gasteiger partial charge in [-0.05, 0) is 60.7 Å². The zero-order valence-corrected chi connectivity index (χ0v) is 14.6. The van der Waals surface area contributed by atoms with Gasteiger partial charge in [0, 0.05) is 27.0 Å². The van der Waals surface area contributed by atoms with E-state index < -0.39 is 0 Å². The van der Waals surface area contributed by atoms with Crippen molar-refractivity contribution in [3.63, 3.8) is 0 Å². The number of aromatic nitrogens is 1. The normalized spacial score (nSPS) is 10.3. The standard InChI is InChI=1S/C15H15ClIN3O/c1-3-18-14-6-9(2)19-8-11(14)15(21)20-13-5-4-10(16)7-12(13)17/h4-8H,3H2,1-2H3,(H,18,19)(H,20,21). The molecule has 1 aromatic carbocycles. The highest BCUT2D eigenvalue weighted by molar-refractivity contribution is 14.1. The number of carbonyl (C=O) groups is 1. The molecule has 2 aromatic rings. The van der Waals surface area contributed by atoms with E-state index in [4.69, 9.17) is 11.6 Å². The summed E-state index contributed by atoms with van der Waals surface area (Å²) in [7, 11) is 0. The summed E-state index contributed by atoms with van der Waals surface area (Å²) in [4.78, 5) is 16.6. The SMILES string of the molecule is CCNc1cc(C)ncc1C(=O)Nc1ccc(Cl)cc1I. The number of aryl methyl sites for hydroxylation is 1. The monoisotopic (exact) mass is 415 g/mol. The van der Waals surface area contributed by atoms with Gasteiger partial charge >= 0.3 is 0 Å². The molecule has 0 atom stereocenters. The van der Waals surface area contributed by atoms with Gasteiger partial charge in [0.1, 0.15) is 0 Å². The first-order valence-corrected chi connectivity index (χ1v) is 7.94. The van der Waals surface area contributed by atoms with Gasteiger partial charge < -0.3 is 10.6 Å². The van der Waals surface area contributed by atoms with Crippen molar-refractivity contribution in [2.75, 3.05) is 17.2 Å². The highest BCUT2D eigenvalue weighted by Gasteiger charge is 2.13. The molecule has 4 nitrogen and oxygen atoms in total. The molecular formula is C15H15ClIN3O. The number of nitrogens with one attached hydrogen (secondary N) is 2. The first-order chi connectivity index (χ1) is 10.0. The number of hydrogen-bond acceptors (Lipinski definition) is 3. The van der Waals surface area contributed by atoms with Crippen LogP contribution in [0.2, 0.25) is 5.02 Å². The number of pyridine rings is 1. The lowest BCUT2D eigenvalue weighted by Gasteiger charge is -2.12. The number of nitrogens with zero attached hydrogens (tertiary/aromatic N) is 1. The van der Waals surface area contributed by atoms with Crippen molar-refractivity contribution in [2.24, 2.45) is 0 Å². The van der Waals surface area contributed by atoms with Crippen LogP contribution in [0.5, 0.6) is 0 Å². The number of amides is 1. The van der Waals surface area contributed by atoms with E-state index in [9.17, 15) is 4.79 Å². The summed E-state index contributed by atoms with van der Waals surface area (Å²) in [6.45, 7) is 4.62. The van der Waals surface area contributed by atoms with Crippen LogP contribution in [-0.2, 0) is 0 Å². The van der Waals surface area contributed by atoms with Crippen LogP contribution in [0, 0.1) is 10.5 Å². The lowest BCUT2D eigenvalue weighted by molar-refractivity contribution is 0.102. The highest BCUT2D eigenvalue weighted by Crippen LogP contribution is 2.24. The van der Waals surface area contributed by atoms with Gasteiger partial charge in [0.05, 0.1) is 16.9 Å². The van der Waals surface area contributed by atoms with E-state index in [1.807, 2.05) is 19.9 Å². The molecule has 0 aliphatic carbocycles.